The fourth-order valence-electron chi connectivity index (χ4n) is 3.48. The van der Waals surface area contributed by atoms with E-state index < -0.39 is 0 Å². The van der Waals surface area contributed by atoms with Crippen LogP contribution in [0.15, 0.2) is 62.6 Å². The Balaban J connectivity index is 1.35. The number of piperazine rings is 1. The van der Waals surface area contributed by atoms with Gasteiger partial charge < -0.3 is 19.5 Å². The van der Waals surface area contributed by atoms with Crippen LogP contribution in [0.2, 0.25) is 0 Å². The highest BCUT2D eigenvalue weighted by molar-refractivity contribution is 9.10. The zero-order valence-corrected chi connectivity index (χ0v) is 19.7. The second-order valence-electron chi connectivity index (χ2n) is 7.16. The Morgan fingerprint density at radius 3 is 2.71 bits per heavy atom. The van der Waals surface area contributed by atoms with E-state index >= 15 is 0 Å². The number of thioether (sulfide) groups is 1. The van der Waals surface area contributed by atoms with E-state index in [4.69, 9.17) is 4.42 Å². The lowest BCUT2D eigenvalue weighted by molar-refractivity contribution is -0.113. The molecule has 1 N–H and O–H groups in total. The number of hydrogen-bond donors (Lipinski definition) is 1. The van der Waals surface area contributed by atoms with E-state index in [9.17, 15) is 4.79 Å². The van der Waals surface area contributed by atoms with Crippen LogP contribution in [-0.2, 0) is 4.79 Å². The predicted molar refractivity (Wildman–Crippen MR) is 128 cm³/mol. The molecule has 1 fully saturated rings. The van der Waals surface area contributed by atoms with Crippen LogP contribution >= 0.6 is 27.7 Å². The van der Waals surface area contributed by atoms with Gasteiger partial charge in [0.05, 0.1) is 17.1 Å². The van der Waals surface area contributed by atoms with Gasteiger partial charge >= 0.3 is 0 Å². The molecule has 31 heavy (non-hydrogen) atoms. The number of para-hydroxylation sites is 2. The predicted octanol–water partition coefficient (Wildman–Crippen LogP) is 4.37. The number of rotatable bonds is 7. The zero-order chi connectivity index (χ0) is 21.6. The van der Waals surface area contributed by atoms with Crippen molar-refractivity contribution >= 4 is 45.0 Å². The molecule has 4 rings (SSSR count). The van der Waals surface area contributed by atoms with Crippen LogP contribution in [0.4, 0.5) is 11.4 Å². The molecule has 2 heterocycles. The first-order valence-corrected chi connectivity index (χ1v) is 12.0. The minimum atomic E-state index is -0.105. The summed E-state index contributed by atoms with van der Waals surface area (Å²) in [6, 6.07) is 15.6. The first kappa shape index (κ1) is 21.9. The lowest BCUT2D eigenvalue weighted by atomic mass is 10.2. The highest BCUT2D eigenvalue weighted by atomic mass is 79.9. The third-order valence-corrected chi connectivity index (χ3v) is 6.45. The van der Waals surface area contributed by atoms with Crippen LogP contribution in [0, 0.1) is 0 Å². The first-order valence-electron chi connectivity index (χ1n) is 10.2. The van der Waals surface area contributed by atoms with E-state index in [-0.39, 0.29) is 11.7 Å². The molecule has 9 heteroatoms. The number of anilines is 2. The molecule has 0 unspecified atom stereocenters. The van der Waals surface area contributed by atoms with Crippen molar-refractivity contribution in [1.29, 1.82) is 0 Å². The van der Waals surface area contributed by atoms with E-state index in [0.717, 1.165) is 54.1 Å². The third-order valence-electron chi connectivity index (χ3n) is 5.14. The maximum absolute atomic E-state index is 12.6. The first-order chi connectivity index (χ1) is 15.1. The summed E-state index contributed by atoms with van der Waals surface area (Å²) < 4.78 is 6.63. The maximum Gasteiger partial charge on any atom is 0.277 e. The molecule has 1 aromatic heterocycles. The van der Waals surface area contributed by atoms with Gasteiger partial charge in [-0.05, 0) is 36.9 Å². The quantitative estimate of drug-likeness (QED) is 0.481. The molecule has 0 radical (unpaired) electrons. The highest BCUT2D eigenvalue weighted by Crippen LogP contribution is 2.28. The Bertz CT molecular complexity index is 1040. The largest absolute Gasteiger partial charge is 0.411 e. The van der Waals surface area contributed by atoms with Gasteiger partial charge in [0.25, 0.3) is 5.22 Å². The van der Waals surface area contributed by atoms with Crippen molar-refractivity contribution in [2.75, 3.05) is 48.7 Å². The molecule has 162 valence electrons. The Morgan fingerprint density at radius 2 is 1.94 bits per heavy atom. The Morgan fingerprint density at radius 1 is 1.13 bits per heavy atom. The molecule has 0 bridgehead atoms. The Hall–Kier alpha value is -2.36. The summed E-state index contributed by atoms with van der Waals surface area (Å²) >= 11 is 4.66. The molecule has 1 saturated heterocycles. The van der Waals surface area contributed by atoms with Crippen molar-refractivity contribution in [2.24, 2.45) is 0 Å². The van der Waals surface area contributed by atoms with Crippen LogP contribution in [0.25, 0.3) is 11.5 Å². The Kier molecular flexibility index (Phi) is 7.26. The number of nitrogens with one attached hydrogen (secondary N) is 1. The molecule has 2 aromatic carbocycles. The number of carbonyl (C=O) groups excluding carboxylic acids is 1. The van der Waals surface area contributed by atoms with Gasteiger partial charge in [0, 0.05) is 36.2 Å². The average Bonchev–Trinajstić information content (AvgIpc) is 3.27. The number of hydrogen-bond acceptors (Lipinski definition) is 7. The SMILES string of the molecule is CCN1CCN(c2ccccc2NC(=O)CSc2nnc(-c3cccc(Br)c3)o2)CC1. The smallest absolute Gasteiger partial charge is 0.277 e. The molecule has 7 nitrogen and oxygen atoms in total. The second kappa shape index (κ2) is 10.3. The summed E-state index contributed by atoms with van der Waals surface area (Å²) in [4.78, 5) is 17.3. The molecule has 1 aliphatic heterocycles. The van der Waals surface area contributed by atoms with Crippen molar-refractivity contribution in [2.45, 2.75) is 12.1 Å². The summed E-state index contributed by atoms with van der Waals surface area (Å²) in [7, 11) is 0. The van der Waals surface area contributed by atoms with Crippen LogP contribution < -0.4 is 10.2 Å². The lowest BCUT2D eigenvalue weighted by Gasteiger charge is -2.36. The summed E-state index contributed by atoms with van der Waals surface area (Å²) in [5.74, 6) is 0.519. The summed E-state index contributed by atoms with van der Waals surface area (Å²) in [5, 5.41) is 11.5. The van der Waals surface area contributed by atoms with Gasteiger partial charge in [0.15, 0.2) is 0 Å². The van der Waals surface area contributed by atoms with E-state index in [0.29, 0.717) is 11.1 Å². The number of likely N-dealkylation sites (N-methyl/N-ethyl adjacent to an activating group) is 1. The third kappa shape index (κ3) is 5.66. The van der Waals surface area contributed by atoms with Crippen molar-refractivity contribution < 1.29 is 9.21 Å². The highest BCUT2D eigenvalue weighted by Gasteiger charge is 2.19. The maximum atomic E-state index is 12.6. The van der Waals surface area contributed by atoms with Gasteiger partial charge in [0.2, 0.25) is 11.8 Å². The average molecular weight is 502 g/mol. The molecular weight excluding hydrogens is 478 g/mol. The van der Waals surface area contributed by atoms with Gasteiger partial charge in [-0.3, -0.25) is 4.79 Å². The van der Waals surface area contributed by atoms with Crippen LogP contribution in [-0.4, -0.2) is 59.5 Å². The number of aromatic nitrogens is 2. The minimum absolute atomic E-state index is 0.105. The number of amides is 1. The van der Waals surface area contributed by atoms with Crippen LogP contribution in [0.1, 0.15) is 6.92 Å². The molecule has 0 spiro atoms. The van der Waals surface area contributed by atoms with Gasteiger partial charge in [-0.15, -0.1) is 10.2 Å². The monoisotopic (exact) mass is 501 g/mol. The minimum Gasteiger partial charge on any atom is -0.411 e. The lowest BCUT2D eigenvalue weighted by Crippen LogP contribution is -2.46. The van der Waals surface area contributed by atoms with E-state index in [2.05, 4.69) is 54.2 Å². The van der Waals surface area contributed by atoms with Gasteiger partial charge in [-0.25, -0.2) is 0 Å². The van der Waals surface area contributed by atoms with Gasteiger partial charge in [-0.2, -0.15) is 0 Å². The normalized spacial score (nSPS) is 14.6. The van der Waals surface area contributed by atoms with Crippen molar-refractivity contribution in [1.82, 2.24) is 15.1 Å². The summed E-state index contributed by atoms with van der Waals surface area (Å²) in [5.41, 5.74) is 2.72. The van der Waals surface area contributed by atoms with Gasteiger partial charge in [0.1, 0.15) is 0 Å². The Labute approximate surface area is 194 Å². The van der Waals surface area contributed by atoms with Crippen molar-refractivity contribution in [3.63, 3.8) is 0 Å². The fourth-order valence-corrected chi connectivity index (χ4v) is 4.44. The fraction of sp³-hybridized carbons (Fsp3) is 0.318. The van der Waals surface area contributed by atoms with Crippen LogP contribution in [0.5, 0.6) is 0 Å². The summed E-state index contributed by atoms with van der Waals surface area (Å²) in [6.45, 7) is 7.24. The second-order valence-corrected chi connectivity index (χ2v) is 9.00. The van der Waals surface area contributed by atoms with Crippen LogP contribution in [0.3, 0.4) is 0 Å². The number of nitrogens with zero attached hydrogens (tertiary/aromatic N) is 4. The van der Waals surface area contributed by atoms with Crippen molar-refractivity contribution in [3.05, 3.63) is 53.0 Å². The standard InChI is InChI=1S/C22H24BrN5O2S/c1-2-27-10-12-28(13-11-27)19-9-4-3-8-18(19)24-20(29)15-31-22-26-25-21(30-22)16-6-5-7-17(23)14-16/h3-9,14H,2,10-13,15H2,1H3,(H,24,29). The number of carbonyl (C=O) groups is 1. The number of benzene rings is 2. The van der Waals surface area contributed by atoms with Crippen molar-refractivity contribution in [3.8, 4) is 11.5 Å². The molecule has 1 amide bonds. The number of halogens is 1. The van der Waals surface area contributed by atoms with E-state index in [1.54, 1.807) is 0 Å². The van der Waals surface area contributed by atoms with E-state index in [1.165, 1.54) is 11.8 Å². The zero-order valence-electron chi connectivity index (χ0n) is 17.3. The van der Waals surface area contributed by atoms with Gasteiger partial charge in [-0.1, -0.05) is 52.8 Å². The molecule has 0 saturated carbocycles. The molecular formula is C22H24BrN5O2S. The molecule has 3 aromatic rings. The molecule has 0 aliphatic carbocycles. The molecule has 0 atom stereocenters. The topological polar surface area (TPSA) is 74.5 Å². The summed E-state index contributed by atoms with van der Waals surface area (Å²) in [6.07, 6.45) is 0. The molecule has 1 aliphatic rings. The van der Waals surface area contributed by atoms with E-state index in [1.807, 2.05) is 42.5 Å².